The molecule has 6 nitrogen and oxygen atoms in total. The predicted octanol–water partition coefficient (Wildman–Crippen LogP) is 2.13. The van der Waals surface area contributed by atoms with E-state index in [9.17, 15) is 23.2 Å². The number of halogens is 2. The Morgan fingerprint density at radius 3 is 2.57 bits per heavy atom. The molecule has 2 aromatic carbocycles. The van der Waals surface area contributed by atoms with Crippen molar-refractivity contribution in [1.29, 1.82) is 0 Å². The number of rotatable bonds is 6. The van der Waals surface area contributed by atoms with Crippen molar-refractivity contribution in [2.45, 2.75) is 19.0 Å². The summed E-state index contributed by atoms with van der Waals surface area (Å²) >= 11 is 0. The standard InChI is InChI=1S/C20H18F2N2O4/c1-23(19(26)12-28-17-8-7-14(21)9-15(17)22)16-10-18(25)24(20(16)27)11-13-5-3-2-4-6-13/h2-9,16H,10-12H2,1H3/t16-/m0/s1. The smallest absolute Gasteiger partial charge is 0.260 e. The highest BCUT2D eigenvalue weighted by Crippen LogP contribution is 2.21. The summed E-state index contributed by atoms with van der Waals surface area (Å²) < 4.78 is 31.6. The van der Waals surface area contributed by atoms with Gasteiger partial charge < -0.3 is 9.64 Å². The molecule has 3 rings (SSSR count). The van der Waals surface area contributed by atoms with Crippen LogP contribution in [-0.2, 0) is 20.9 Å². The molecule has 0 spiro atoms. The van der Waals surface area contributed by atoms with Crippen molar-refractivity contribution in [3.63, 3.8) is 0 Å². The molecule has 1 atom stereocenters. The summed E-state index contributed by atoms with van der Waals surface area (Å²) in [5.41, 5.74) is 0.800. The van der Waals surface area contributed by atoms with Crippen molar-refractivity contribution in [3.05, 3.63) is 65.7 Å². The number of carbonyl (C=O) groups is 3. The van der Waals surface area contributed by atoms with E-state index in [-0.39, 0.29) is 24.6 Å². The minimum absolute atomic E-state index is 0.126. The van der Waals surface area contributed by atoms with Crippen LogP contribution in [0.4, 0.5) is 8.78 Å². The normalized spacial score (nSPS) is 16.4. The molecule has 8 heteroatoms. The number of imide groups is 1. The summed E-state index contributed by atoms with van der Waals surface area (Å²) in [7, 11) is 1.38. The Labute approximate surface area is 160 Å². The first kappa shape index (κ1) is 19.5. The van der Waals surface area contributed by atoms with Crippen LogP contribution in [-0.4, -0.2) is 47.2 Å². The second kappa shape index (κ2) is 8.16. The third-order valence-corrected chi connectivity index (χ3v) is 4.51. The molecule has 0 bridgehead atoms. The van der Waals surface area contributed by atoms with E-state index in [0.717, 1.165) is 27.5 Å². The van der Waals surface area contributed by atoms with E-state index in [1.54, 1.807) is 24.3 Å². The van der Waals surface area contributed by atoms with Crippen LogP contribution in [0.25, 0.3) is 0 Å². The summed E-state index contributed by atoms with van der Waals surface area (Å²) in [4.78, 5) is 39.4. The molecule has 0 saturated carbocycles. The summed E-state index contributed by atoms with van der Waals surface area (Å²) in [5.74, 6) is -3.42. The lowest BCUT2D eigenvalue weighted by molar-refractivity contribution is -0.144. The molecule has 1 aliphatic heterocycles. The van der Waals surface area contributed by atoms with Gasteiger partial charge in [0.2, 0.25) is 5.91 Å². The van der Waals surface area contributed by atoms with Crippen molar-refractivity contribution in [3.8, 4) is 5.75 Å². The lowest BCUT2D eigenvalue weighted by Crippen LogP contribution is -2.44. The lowest BCUT2D eigenvalue weighted by Gasteiger charge is -2.23. The maximum atomic E-state index is 13.6. The summed E-state index contributed by atoms with van der Waals surface area (Å²) in [6.45, 7) is -0.413. The predicted molar refractivity (Wildman–Crippen MR) is 95.0 cm³/mol. The summed E-state index contributed by atoms with van der Waals surface area (Å²) in [6.07, 6.45) is -0.126. The topological polar surface area (TPSA) is 66.9 Å². The second-order valence-corrected chi connectivity index (χ2v) is 6.39. The minimum Gasteiger partial charge on any atom is -0.481 e. The van der Waals surface area contributed by atoms with E-state index in [4.69, 9.17) is 4.74 Å². The monoisotopic (exact) mass is 388 g/mol. The first-order valence-electron chi connectivity index (χ1n) is 8.58. The van der Waals surface area contributed by atoms with Crippen LogP contribution in [0, 0.1) is 11.6 Å². The fourth-order valence-corrected chi connectivity index (χ4v) is 2.91. The Bertz CT molecular complexity index is 904. The molecule has 0 radical (unpaired) electrons. The number of likely N-dealkylation sites (tertiary alicyclic amines) is 1. The zero-order valence-electron chi connectivity index (χ0n) is 15.1. The molecule has 1 aliphatic rings. The summed E-state index contributed by atoms with van der Waals surface area (Å²) in [6, 6.07) is 10.8. The van der Waals surface area contributed by atoms with E-state index >= 15 is 0 Å². The van der Waals surface area contributed by atoms with Gasteiger partial charge in [-0.25, -0.2) is 8.78 Å². The van der Waals surface area contributed by atoms with Gasteiger partial charge in [0.05, 0.1) is 13.0 Å². The van der Waals surface area contributed by atoms with E-state index < -0.39 is 36.1 Å². The first-order valence-corrected chi connectivity index (χ1v) is 8.58. The highest BCUT2D eigenvalue weighted by Gasteiger charge is 2.42. The van der Waals surface area contributed by atoms with E-state index in [1.807, 2.05) is 6.07 Å². The Balaban J connectivity index is 1.61. The highest BCUT2D eigenvalue weighted by molar-refractivity contribution is 6.06. The highest BCUT2D eigenvalue weighted by atomic mass is 19.1. The average molecular weight is 388 g/mol. The molecule has 0 unspecified atom stereocenters. The van der Waals surface area contributed by atoms with Gasteiger partial charge in [0, 0.05) is 13.1 Å². The number of nitrogens with zero attached hydrogens (tertiary/aromatic N) is 2. The Morgan fingerprint density at radius 2 is 1.89 bits per heavy atom. The Kier molecular flexibility index (Phi) is 5.67. The fourth-order valence-electron chi connectivity index (χ4n) is 2.91. The molecule has 146 valence electrons. The molecular formula is C20H18F2N2O4. The van der Waals surface area contributed by atoms with Crippen LogP contribution in [0.3, 0.4) is 0 Å². The molecule has 2 aromatic rings. The van der Waals surface area contributed by atoms with Gasteiger partial charge in [-0.2, -0.15) is 0 Å². The Hall–Kier alpha value is -3.29. The summed E-state index contributed by atoms with van der Waals surface area (Å²) in [5, 5.41) is 0. The molecule has 1 saturated heterocycles. The number of amides is 3. The quantitative estimate of drug-likeness (QED) is 0.711. The van der Waals surface area contributed by atoms with Gasteiger partial charge in [0.15, 0.2) is 18.2 Å². The van der Waals surface area contributed by atoms with Crippen molar-refractivity contribution in [2.75, 3.05) is 13.7 Å². The molecular weight excluding hydrogens is 370 g/mol. The van der Waals surface area contributed by atoms with Gasteiger partial charge in [-0.3, -0.25) is 19.3 Å². The first-order chi connectivity index (χ1) is 13.4. The number of ether oxygens (including phenoxy) is 1. The maximum absolute atomic E-state index is 13.6. The van der Waals surface area contributed by atoms with Gasteiger partial charge in [-0.1, -0.05) is 30.3 Å². The molecule has 0 N–H and O–H groups in total. The zero-order valence-corrected chi connectivity index (χ0v) is 15.1. The van der Waals surface area contributed by atoms with Gasteiger partial charge in [-0.15, -0.1) is 0 Å². The molecule has 1 fully saturated rings. The number of carbonyl (C=O) groups excluding carboxylic acids is 3. The van der Waals surface area contributed by atoms with Gasteiger partial charge >= 0.3 is 0 Å². The van der Waals surface area contributed by atoms with Crippen molar-refractivity contribution < 1.29 is 27.9 Å². The van der Waals surface area contributed by atoms with E-state index in [2.05, 4.69) is 0 Å². The van der Waals surface area contributed by atoms with Crippen molar-refractivity contribution in [1.82, 2.24) is 9.80 Å². The number of likely N-dealkylation sites (N-methyl/N-ethyl adjacent to an activating group) is 1. The second-order valence-electron chi connectivity index (χ2n) is 6.39. The van der Waals surface area contributed by atoms with Crippen LogP contribution in [0.1, 0.15) is 12.0 Å². The average Bonchev–Trinajstić information content (AvgIpc) is 2.95. The van der Waals surface area contributed by atoms with Crippen LogP contribution < -0.4 is 4.74 Å². The van der Waals surface area contributed by atoms with E-state index in [1.165, 1.54) is 7.05 Å². The van der Waals surface area contributed by atoms with E-state index in [0.29, 0.717) is 6.07 Å². The van der Waals surface area contributed by atoms with Crippen LogP contribution >= 0.6 is 0 Å². The lowest BCUT2D eigenvalue weighted by atomic mass is 10.2. The van der Waals surface area contributed by atoms with Crippen molar-refractivity contribution >= 4 is 17.7 Å². The molecule has 1 heterocycles. The third-order valence-electron chi connectivity index (χ3n) is 4.51. The molecule has 0 aromatic heterocycles. The SMILES string of the molecule is CN(C(=O)COc1ccc(F)cc1F)[C@H]1CC(=O)N(Cc2ccccc2)C1=O. The van der Waals surface area contributed by atoms with Gasteiger partial charge in [-0.05, 0) is 17.7 Å². The molecule has 0 aliphatic carbocycles. The largest absolute Gasteiger partial charge is 0.481 e. The van der Waals surface area contributed by atoms with Crippen LogP contribution in [0.2, 0.25) is 0 Å². The number of hydrogen-bond donors (Lipinski definition) is 0. The molecule has 3 amide bonds. The van der Waals surface area contributed by atoms with Gasteiger partial charge in [0.1, 0.15) is 11.9 Å². The molecule has 28 heavy (non-hydrogen) atoms. The third kappa shape index (κ3) is 4.16. The number of benzene rings is 2. The van der Waals surface area contributed by atoms with Gasteiger partial charge in [0.25, 0.3) is 11.8 Å². The maximum Gasteiger partial charge on any atom is 0.260 e. The number of hydrogen-bond acceptors (Lipinski definition) is 4. The zero-order chi connectivity index (χ0) is 20.3. The Morgan fingerprint density at radius 1 is 1.18 bits per heavy atom. The van der Waals surface area contributed by atoms with Crippen LogP contribution in [0.5, 0.6) is 5.75 Å². The minimum atomic E-state index is -0.939. The van der Waals surface area contributed by atoms with Crippen LogP contribution in [0.15, 0.2) is 48.5 Å². The fraction of sp³-hybridized carbons (Fsp3) is 0.250. The van der Waals surface area contributed by atoms with Crippen molar-refractivity contribution in [2.24, 2.45) is 0 Å².